The van der Waals surface area contributed by atoms with Crippen LogP contribution in [-0.4, -0.2) is 75.2 Å². The second kappa shape index (κ2) is 15.4. The highest BCUT2D eigenvalue weighted by Gasteiger charge is 2.27. The summed E-state index contributed by atoms with van der Waals surface area (Å²) in [4.78, 5) is 20.0. The van der Waals surface area contributed by atoms with Crippen LogP contribution in [-0.2, 0) is 38.7 Å². The minimum atomic E-state index is -3.60. The van der Waals surface area contributed by atoms with E-state index in [1.165, 1.54) is 6.20 Å². The number of anilines is 2. The van der Waals surface area contributed by atoms with Crippen molar-refractivity contribution in [3.63, 3.8) is 0 Å². The van der Waals surface area contributed by atoms with Crippen molar-refractivity contribution in [3.05, 3.63) is 42.0 Å². The molecule has 0 aliphatic carbocycles. The summed E-state index contributed by atoms with van der Waals surface area (Å²) in [5.41, 5.74) is 7.73. The van der Waals surface area contributed by atoms with Crippen molar-refractivity contribution in [2.45, 2.75) is 77.7 Å². The third-order valence-electron chi connectivity index (χ3n) is 6.10. The molecule has 2 heterocycles. The van der Waals surface area contributed by atoms with Gasteiger partial charge in [-0.1, -0.05) is 32.6 Å². The number of ether oxygens (including phenoxy) is 2. The van der Waals surface area contributed by atoms with E-state index in [0.717, 1.165) is 17.9 Å². The number of hydrogen-bond acceptors (Lipinski definition) is 12. The van der Waals surface area contributed by atoms with Crippen LogP contribution in [0.5, 0.6) is 5.88 Å². The molecule has 0 aromatic carbocycles. The Labute approximate surface area is 239 Å². The topological polar surface area (TPSA) is 155 Å². The van der Waals surface area contributed by atoms with E-state index in [2.05, 4.69) is 58.3 Å². The number of nitrogens with one attached hydrogen (secondary N) is 1. The van der Waals surface area contributed by atoms with Crippen molar-refractivity contribution in [2.75, 3.05) is 36.9 Å². The molecular formula is C26H45N7O5SSi. The molecule has 0 spiro atoms. The summed E-state index contributed by atoms with van der Waals surface area (Å²) in [6.07, 6.45) is 5.56. The van der Waals surface area contributed by atoms with Crippen LogP contribution in [0.4, 0.5) is 11.8 Å². The predicted octanol–water partition coefficient (Wildman–Crippen LogP) is 3.34. The van der Waals surface area contributed by atoms with Crippen molar-refractivity contribution in [1.29, 1.82) is 0 Å². The summed E-state index contributed by atoms with van der Waals surface area (Å²) in [6, 6.07) is 2.33. The fourth-order valence-corrected chi connectivity index (χ4v) is 4.75. The Kier molecular flexibility index (Phi) is 12.9. The van der Waals surface area contributed by atoms with Gasteiger partial charge in [0.25, 0.3) is 10.1 Å². The van der Waals surface area contributed by atoms with E-state index in [-0.39, 0.29) is 25.3 Å². The van der Waals surface area contributed by atoms with Crippen LogP contribution in [0.25, 0.3) is 0 Å². The fourth-order valence-electron chi connectivity index (χ4n) is 3.66. The molecule has 2 rings (SSSR count). The van der Waals surface area contributed by atoms with E-state index < -0.39 is 18.2 Å². The maximum atomic E-state index is 11.3. The van der Waals surface area contributed by atoms with Crippen molar-refractivity contribution in [1.82, 2.24) is 19.9 Å². The summed E-state index contributed by atoms with van der Waals surface area (Å²) < 4.78 is 39.8. The molecule has 3 N–H and O–H groups in total. The van der Waals surface area contributed by atoms with Crippen molar-refractivity contribution in [3.8, 4) is 5.88 Å². The highest BCUT2D eigenvalue weighted by atomic mass is 32.2. The molecule has 0 saturated heterocycles. The van der Waals surface area contributed by atoms with Crippen LogP contribution in [0, 0.1) is 0 Å². The lowest BCUT2D eigenvalue weighted by Crippen LogP contribution is -2.48. The lowest BCUT2D eigenvalue weighted by atomic mass is 10.1. The molecule has 0 radical (unpaired) electrons. The largest absolute Gasteiger partial charge is 0.469 e. The first-order valence-electron chi connectivity index (χ1n) is 13.4. The van der Waals surface area contributed by atoms with Gasteiger partial charge < -0.3 is 25.4 Å². The van der Waals surface area contributed by atoms with Gasteiger partial charge in [-0.2, -0.15) is 18.4 Å². The monoisotopic (exact) mass is 595 g/mol. The maximum absolute atomic E-state index is 11.3. The zero-order valence-corrected chi connectivity index (χ0v) is 26.6. The Morgan fingerprint density at radius 1 is 1.23 bits per heavy atom. The molecule has 2 aromatic heterocycles. The average Bonchev–Trinajstić information content (AvgIpc) is 2.89. The molecule has 12 nitrogen and oxygen atoms in total. The van der Waals surface area contributed by atoms with Crippen LogP contribution < -0.4 is 20.7 Å². The molecule has 0 saturated carbocycles. The van der Waals surface area contributed by atoms with E-state index in [1.54, 1.807) is 13.1 Å². The van der Waals surface area contributed by atoms with Gasteiger partial charge in [0.1, 0.15) is 25.8 Å². The van der Waals surface area contributed by atoms with Gasteiger partial charge in [0.05, 0.1) is 17.5 Å². The Bertz CT molecular complexity index is 1210. The zero-order chi connectivity index (χ0) is 29.9. The van der Waals surface area contributed by atoms with Crippen LogP contribution in [0.15, 0.2) is 24.9 Å². The van der Waals surface area contributed by atoms with Crippen molar-refractivity contribution < 1.29 is 22.1 Å². The quantitative estimate of drug-likeness (QED) is 0.0854. The van der Waals surface area contributed by atoms with Crippen LogP contribution >= 0.6 is 0 Å². The first-order valence-corrected chi connectivity index (χ1v) is 18.9. The van der Waals surface area contributed by atoms with E-state index in [1.807, 2.05) is 13.0 Å². The Balaban J connectivity index is 2.38. The number of nitrogens with two attached hydrogens (primary N) is 1. The molecule has 224 valence electrons. The summed E-state index contributed by atoms with van der Waals surface area (Å²) in [7, 11) is -3.12. The van der Waals surface area contributed by atoms with Gasteiger partial charge in [-0.15, -0.1) is 6.58 Å². The highest BCUT2D eigenvalue weighted by molar-refractivity contribution is 7.85. The number of rotatable bonds is 18. The van der Waals surface area contributed by atoms with Gasteiger partial charge in [0.2, 0.25) is 11.8 Å². The molecule has 40 heavy (non-hydrogen) atoms. The van der Waals surface area contributed by atoms with Crippen LogP contribution in [0.3, 0.4) is 0 Å². The first-order chi connectivity index (χ1) is 18.8. The third kappa shape index (κ3) is 11.1. The van der Waals surface area contributed by atoms with Gasteiger partial charge >= 0.3 is 0 Å². The second-order valence-corrected chi connectivity index (χ2v) is 18.0. The van der Waals surface area contributed by atoms with Crippen molar-refractivity contribution in [2.24, 2.45) is 5.73 Å². The molecule has 0 aliphatic rings. The Morgan fingerprint density at radius 2 is 1.95 bits per heavy atom. The third-order valence-corrected chi connectivity index (χ3v) is 8.35. The van der Waals surface area contributed by atoms with Crippen molar-refractivity contribution >= 4 is 30.0 Å². The van der Waals surface area contributed by atoms with Gasteiger partial charge in [-0.3, -0.25) is 4.18 Å². The molecule has 0 amide bonds. The minimum Gasteiger partial charge on any atom is -0.469 e. The molecular weight excluding hydrogens is 550 g/mol. The number of nitrogens with zero attached hydrogens (tertiary/aromatic N) is 5. The number of aromatic nitrogens is 4. The van der Waals surface area contributed by atoms with Crippen LogP contribution in [0.2, 0.25) is 25.7 Å². The number of hydrogen-bond donors (Lipinski definition) is 2. The van der Waals surface area contributed by atoms with E-state index >= 15 is 0 Å². The molecule has 0 fully saturated rings. The summed E-state index contributed by atoms with van der Waals surface area (Å²) in [5, 5.41) is 3.02. The normalized spacial score (nSPS) is 13.5. The lowest BCUT2D eigenvalue weighted by molar-refractivity contribution is 0.138. The lowest BCUT2D eigenvalue weighted by Gasteiger charge is -2.35. The molecule has 0 bridgehead atoms. The minimum absolute atomic E-state index is 0.0115. The first kappa shape index (κ1) is 33.6. The van der Waals surface area contributed by atoms with Gasteiger partial charge in [0, 0.05) is 40.0 Å². The van der Waals surface area contributed by atoms with E-state index in [0.29, 0.717) is 55.3 Å². The standard InChI is InChI=1S/C26H45N7O5SSi/c1-9-11-22(27)19(3)33(18-36-14-15-40(6,7)8)24-21(10-2)25(32-26(28-4)31-24)37-17-23-29-13-12-20(30-23)16-38-39(5,34)35/h9,12-13,19,22H,1,10-11,14-18,27H2,2-8H3,(H,28,31,32). The van der Waals surface area contributed by atoms with Crippen LogP contribution in [0.1, 0.15) is 37.4 Å². The Morgan fingerprint density at radius 3 is 2.55 bits per heavy atom. The summed E-state index contributed by atoms with van der Waals surface area (Å²) in [6.45, 7) is 15.6. The van der Waals surface area contributed by atoms with Gasteiger partial charge in [-0.05, 0) is 31.9 Å². The van der Waals surface area contributed by atoms with Gasteiger partial charge in [0.15, 0.2) is 5.82 Å². The SMILES string of the molecule is C=CCC(N)C(C)N(COCC[Si](C)(C)C)c1nc(NC)nc(OCc2nccc(COS(C)(=O)=O)n2)c1CC. The van der Waals surface area contributed by atoms with E-state index in [4.69, 9.17) is 24.4 Å². The molecule has 2 aromatic rings. The zero-order valence-electron chi connectivity index (χ0n) is 24.8. The molecule has 2 unspecified atom stereocenters. The van der Waals surface area contributed by atoms with Gasteiger partial charge in [-0.25, -0.2) is 9.97 Å². The van der Waals surface area contributed by atoms with E-state index in [9.17, 15) is 8.42 Å². The summed E-state index contributed by atoms with van der Waals surface area (Å²) >= 11 is 0. The highest BCUT2D eigenvalue weighted by Crippen LogP contribution is 2.31. The fraction of sp³-hybridized carbons (Fsp3) is 0.615. The molecule has 14 heteroatoms. The Hall–Kier alpha value is -2.65. The molecule has 2 atom stereocenters. The summed E-state index contributed by atoms with van der Waals surface area (Å²) in [5.74, 6) is 1.80. The second-order valence-electron chi connectivity index (χ2n) is 10.7. The average molecular weight is 596 g/mol. The molecule has 0 aliphatic heterocycles. The predicted molar refractivity (Wildman–Crippen MR) is 161 cm³/mol. The maximum Gasteiger partial charge on any atom is 0.264 e. The smallest absolute Gasteiger partial charge is 0.264 e.